The van der Waals surface area contributed by atoms with Crippen LogP contribution in [0.1, 0.15) is 13.8 Å². The summed E-state index contributed by atoms with van der Waals surface area (Å²) in [4.78, 5) is 12.8. The fourth-order valence-electron chi connectivity index (χ4n) is 1.06. The molecule has 0 unspecified atom stereocenters. The highest BCUT2D eigenvalue weighted by molar-refractivity contribution is 5.75. The van der Waals surface area contributed by atoms with Gasteiger partial charge in [-0.15, -0.1) is 0 Å². The first kappa shape index (κ1) is 8.85. The molecule has 1 aliphatic rings. The van der Waals surface area contributed by atoms with Crippen LogP contribution >= 0.6 is 0 Å². The van der Waals surface area contributed by atoms with Crippen molar-refractivity contribution in [3.05, 3.63) is 0 Å². The largest absolute Gasteiger partial charge is 0.336 e. The number of amides is 2. The molecule has 66 valence electrons. The average molecular weight is 167 g/mol. The lowest BCUT2D eigenvalue weighted by Gasteiger charge is -2.35. The first-order valence-electron chi connectivity index (χ1n) is 4.08. The van der Waals surface area contributed by atoms with Gasteiger partial charge in [-0.25, -0.2) is 4.79 Å². The van der Waals surface area contributed by atoms with E-state index in [1.165, 1.54) is 0 Å². The van der Waals surface area contributed by atoms with Crippen molar-refractivity contribution >= 4 is 6.03 Å². The molecule has 0 bridgehead atoms. The van der Waals surface area contributed by atoms with E-state index in [1.807, 2.05) is 13.8 Å². The van der Waals surface area contributed by atoms with Crippen LogP contribution < -0.4 is 5.32 Å². The van der Waals surface area contributed by atoms with Crippen molar-refractivity contribution in [1.29, 1.82) is 5.26 Å². The molecule has 0 atom stereocenters. The maximum atomic E-state index is 11.2. The second-order valence-electron chi connectivity index (χ2n) is 3.34. The molecule has 12 heavy (non-hydrogen) atoms. The maximum Gasteiger partial charge on any atom is 0.317 e. The molecule has 1 saturated heterocycles. The smallest absolute Gasteiger partial charge is 0.317 e. The van der Waals surface area contributed by atoms with Crippen LogP contribution in [-0.2, 0) is 0 Å². The summed E-state index contributed by atoms with van der Waals surface area (Å²) >= 11 is 0. The maximum absolute atomic E-state index is 11.2. The van der Waals surface area contributed by atoms with Gasteiger partial charge in [0.05, 0.1) is 12.0 Å². The summed E-state index contributed by atoms with van der Waals surface area (Å²) < 4.78 is 0. The van der Waals surface area contributed by atoms with Gasteiger partial charge in [-0.1, -0.05) is 0 Å². The van der Waals surface area contributed by atoms with Crippen molar-refractivity contribution in [2.45, 2.75) is 19.9 Å². The van der Waals surface area contributed by atoms with E-state index >= 15 is 0 Å². The van der Waals surface area contributed by atoms with Gasteiger partial charge in [-0.2, -0.15) is 5.26 Å². The molecule has 0 spiro atoms. The highest BCUT2D eigenvalue weighted by atomic mass is 16.2. The zero-order valence-corrected chi connectivity index (χ0v) is 7.37. The average Bonchev–Trinajstić information content (AvgIpc) is 1.82. The molecule has 1 heterocycles. The topological polar surface area (TPSA) is 56.1 Å². The number of urea groups is 1. The fraction of sp³-hybridized carbons (Fsp3) is 0.750. The van der Waals surface area contributed by atoms with Crippen molar-refractivity contribution in [3.8, 4) is 6.07 Å². The summed E-state index contributed by atoms with van der Waals surface area (Å²) in [6.07, 6.45) is 0. The minimum atomic E-state index is -0.0588. The number of carbonyl (C=O) groups is 1. The monoisotopic (exact) mass is 167 g/mol. The summed E-state index contributed by atoms with van der Waals surface area (Å²) in [7, 11) is 0. The van der Waals surface area contributed by atoms with Gasteiger partial charge < -0.3 is 10.2 Å². The Kier molecular flexibility index (Phi) is 2.54. The van der Waals surface area contributed by atoms with Crippen molar-refractivity contribution in [1.82, 2.24) is 10.2 Å². The van der Waals surface area contributed by atoms with Crippen LogP contribution in [0.3, 0.4) is 0 Å². The number of nitrogens with zero attached hydrogens (tertiary/aromatic N) is 2. The minimum Gasteiger partial charge on any atom is -0.336 e. The Morgan fingerprint density at radius 1 is 1.67 bits per heavy atom. The molecular formula is C8H13N3O. The van der Waals surface area contributed by atoms with E-state index in [0.29, 0.717) is 13.1 Å². The number of nitriles is 1. The Morgan fingerprint density at radius 3 is 2.67 bits per heavy atom. The van der Waals surface area contributed by atoms with Gasteiger partial charge in [0.2, 0.25) is 0 Å². The predicted octanol–water partition coefficient (Wildman–Crippen LogP) is 0.560. The normalized spacial score (nSPS) is 17.0. The van der Waals surface area contributed by atoms with Gasteiger partial charge in [-0.3, -0.25) is 0 Å². The molecule has 1 aliphatic heterocycles. The Labute approximate surface area is 72.2 Å². The Hall–Kier alpha value is -1.24. The molecule has 4 heteroatoms. The molecule has 0 aromatic carbocycles. The lowest BCUT2D eigenvalue weighted by Crippen LogP contribution is -2.54. The summed E-state index contributed by atoms with van der Waals surface area (Å²) in [5.41, 5.74) is 0. The second-order valence-corrected chi connectivity index (χ2v) is 3.34. The third-order valence-corrected chi connectivity index (χ3v) is 1.76. The molecule has 0 saturated carbocycles. The van der Waals surface area contributed by atoms with Crippen LogP contribution in [-0.4, -0.2) is 30.1 Å². The highest BCUT2D eigenvalue weighted by Crippen LogP contribution is 2.13. The van der Waals surface area contributed by atoms with Crippen LogP contribution in [0.2, 0.25) is 0 Å². The van der Waals surface area contributed by atoms with Crippen LogP contribution in [0.5, 0.6) is 0 Å². The van der Waals surface area contributed by atoms with Crippen molar-refractivity contribution in [3.63, 3.8) is 0 Å². The number of hydrogen-bond acceptors (Lipinski definition) is 2. The molecule has 0 aliphatic carbocycles. The van der Waals surface area contributed by atoms with Crippen LogP contribution in [0.15, 0.2) is 0 Å². The standard InChI is InChI=1S/C8H13N3O/c1-6(2)10-8(12)11-4-7(3-9)5-11/h6-7H,4-5H2,1-2H3,(H,10,12). The summed E-state index contributed by atoms with van der Waals surface area (Å²) in [6.45, 7) is 4.99. The zero-order valence-electron chi connectivity index (χ0n) is 7.37. The second kappa shape index (κ2) is 3.44. The number of rotatable bonds is 1. The van der Waals surface area contributed by atoms with Crippen molar-refractivity contribution in [2.24, 2.45) is 5.92 Å². The summed E-state index contributed by atoms with van der Waals surface area (Å²) in [6, 6.07) is 2.22. The Morgan fingerprint density at radius 2 is 2.25 bits per heavy atom. The summed E-state index contributed by atoms with van der Waals surface area (Å²) in [5, 5.41) is 11.2. The third-order valence-electron chi connectivity index (χ3n) is 1.76. The van der Waals surface area contributed by atoms with E-state index in [9.17, 15) is 4.79 Å². The molecule has 1 N–H and O–H groups in total. The molecule has 0 aromatic heterocycles. The van der Waals surface area contributed by atoms with Gasteiger partial charge in [0, 0.05) is 19.1 Å². The quantitative estimate of drug-likeness (QED) is 0.620. The van der Waals surface area contributed by atoms with E-state index in [2.05, 4.69) is 11.4 Å². The number of carbonyl (C=O) groups excluding carboxylic acids is 1. The van der Waals surface area contributed by atoms with Crippen molar-refractivity contribution < 1.29 is 4.79 Å². The highest BCUT2D eigenvalue weighted by Gasteiger charge is 2.30. The van der Waals surface area contributed by atoms with Gasteiger partial charge in [0.25, 0.3) is 0 Å². The molecule has 1 fully saturated rings. The molecule has 1 rings (SSSR count). The van der Waals surface area contributed by atoms with E-state index in [-0.39, 0.29) is 18.0 Å². The minimum absolute atomic E-state index is 0.0444. The van der Waals surface area contributed by atoms with Gasteiger partial charge in [-0.05, 0) is 13.8 Å². The van der Waals surface area contributed by atoms with Gasteiger partial charge in [0.1, 0.15) is 0 Å². The van der Waals surface area contributed by atoms with Crippen LogP contribution in [0.25, 0.3) is 0 Å². The van der Waals surface area contributed by atoms with Crippen LogP contribution in [0, 0.1) is 17.2 Å². The lowest BCUT2D eigenvalue weighted by atomic mass is 10.0. The predicted molar refractivity (Wildman–Crippen MR) is 44.3 cm³/mol. The Balaban J connectivity index is 2.25. The first-order valence-corrected chi connectivity index (χ1v) is 4.08. The SMILES string of the molecule is CC(C)NC(=O)N1CC(C#N)C1. The molecule has 4 nitrogen and oxygen atoms in total. The van der Waals surface area contributed by atoms with Gasteiger partial charge in [0.15, 0.2) is 0 Å². The molecule has 2 amide bonds. The molecule has 0 aromatic rings. The first-order chi connectivity index (χ1) is 5.63. The fourth-order valence-corrected chi connectivity index (χ4v) is 1.06. The Bertz CT molecular complexity index is 213. The third kappa shape index (κ3) is 1.88. The number of likely N-dealkylation sites (tertiary alicyclic amines) is 1. The van der Waals surface area contributed by atoms with E-state index in [1.54, 1.807) is 4.90 Å². The summed E-state index contributed by atoms with van der Waals surface area (Å²) in [5.74, 6) is 0.0444. The lowest BCUT2D eigenvalue weighted by molar-refractivity contribution is 0.142. The molecular weight excluding hydrogens is 154 g/mol. The van der Waals surface area contributed by atoms with E-state index in [4.69, 9.17) is 5.26 Å². The van der Waals surface area contributed by atoms with Crippen LogP contribution in [0.4, 0.5) is 4.79 Å². The molecule has 0 radical (unpaired) electrons. The zero-order chi connectivity index (χ0) is 9.14. The van der Waals surface area contributed by atoms with E-state index < -0.39 is 0 Å². The van der Waals surface area contributed by atoms with E-state index in [0.717, 1.165) is 0 Å². The number of nitrogens with one attached hydrogen (secondary N) is 1. The number of hydrogen-bond donors (Lipinski definition) is 1. The van der Waals surface area contributed by atoms with Crippen molar-refractivity contribution in [2.75, 3.05) is 13.1 Å². The van der Waals surface area contributed by atoms with Gasteiger partial charge >= 0.3 is 6.03 Å².